The molecule has 6 rings (SSSR count). The third-order valence-electron chi connectivity index (χ3n) is 10.4. The second kappa shape index (κ2) is 14.1. The fraction of sp³-hybridized carbons (Fsp3) is 0.571. The number of amides is 4. The van der Waals surface area contributed by atoms with Crippen LogP contribution in [0.3, 0.4) is 0 Å². The number of carbonyl (C=O) groups excluding carboxylic acids is 3. The molecule has 270 valence electrons. The van der Waals surface area contributed by atoms with Crippen molar-refractivity contribution in [3.05, 3.63) is 42.5 Å². The summed E-state index contributed by atoms with van der Waals surface area (Å²) < 4.78 is 39.6. The Labute approximate surface area is 291 Å². The number of pyridine rings is 1. The number of sulfonamides is 1. The number of carboxylic acid groups (broad SMARTS) is 1. The highest BCUT2D eigenvalue weighted by atomic mass is 32.2. The van der Waals surface area contributed by atoms with Crippen molar-refractivity contribution in [3.8, 4) is 11.8 Å². The monoisotopic (exact) mass is 711 g/mol. The van der Waals surface area contributed by atoms with Gasteiger partial charge in [-0.2, -0.15) is 4.98 Å². The SMILES string of the molecule is CC[C@@H]1C[C@H](C)CC/C=C\[C@@H]2C[C@@]2(C(=O)NS(=O)(=O)C2CC2)NC(=O)[C@@H]2C[C@@H](Oc3nc(OC)cc4ccccc34)CN2C(=O)[C@H]1NC(=O)O. The Bertz CT molecular complexity index is 1800. The average Bonchev–Trinajstić information content (AvgIpc) is 4.01. The zero-order valence-electron chi connectivity index (χ0n) is 28.5. The number of ether oxygens (including phenoxy) is 2. The van der Waals surface area contributed by atoms with E-state index in [1.807, 2.05) is 50.3 Å². The summed E-state index contributed by atoms with van der Waals surface area (Å²) in [7, 11) is -2.41. The lowest BCUT2D eigenvalue weighted by Gasteiger charge is -2.33. The molecule has 0 radical (unpaired) electrons. The van der Waals surface area contributed by atoms with E-state index in [1.54, 1.807) is 6.07 Å². The van der Waals surface area contributed by atoms with Crippen LogP contribution in [0, 0.1) is 17.8 Å². The van der Waals surface area contributed by atoms with Gasteiger partial charge in [-0.1, -0.05) is 50.6 Å². The minimum Gasteiger partial charge on any atom is -0.481 e. The van der Waals surface area contributed by atoms with E-state index < -0.39 is 68.7 Å². The lowest BCUT2D eigenvalue weighted by molar-refractivity contribution is -0.142. The standard InChI is InChI=1S/C35H45N5O9S/c1-4-21-15-20(2)9-5-7-11-23-18-35(23,33(43)39-50(46,47)25-13-14-25)38-30(41)27-17-24(19-40(27)32(42)29(21)37-34(44)45)49-31-26-12-8-6-10-22(26)16-28(36-31)48-3/h6-8,10-12,16,20-21,23-25,27,29,37H,4-5,9,13-15,17-19H2,1-3H3,(H,38,41)(H,39,43)(H,44,45)/b11-7-/t20-,21-,23-,24-,27+,29+,35-/m1/s1. The van der Waals surface area contributed by atoms with Gasteiger partial charge in [-0.05, 0) is 61.8 Å². The first-order valence-corrected chi connectivity index (χ1v) is 18.8. The highest BCUT2D eigenvalue weighted by Gasteiger charge is 2.62. The van der Waals surface area contributed by atoms with Gasteiger partial charge in [-0.25, -0.2) is 13.2 Å². The van der Waals surface area contributed by atoms with E-state index in [2.05, 4.69) is 20.3 Å². The summed E-state index contributed by atoms with van der Waals surface area (Å²) in [5.41, 5.74) is -1.52. The summed E-state index contributed by atoms with van der Waals surface area (Å²) in [5.74, 6) is -2.15. The molecule has 4 aliphatic rings. The zero-order chi connectivity index (χ0) is 35.8. The smallest absolute Gasteiger partial charge is 0.405 e. The number of nitrogens with zero attached hydrogens (tertiary/aromatic N) is 2. The van der Waals surface area contributed by atoms with E-state index in [0.717, 1.165) is 11.8 Å². The molecule has 0 unspecified atom stereocenters. The normalized spacial score (nSPS) is 30.9. The number of fused-ring (bicyclic) bond motifs is 3. The van der Waals surface area contributed by atoms with Crippen LogP contribution in [-0.2, 0) is 24.4 Å². The molecule has 3 fully saturated rings. The molecule has 1 aromatic carbocycles. The first kappa shape index (κ1) is 35.4. The number of rotatable bonds is 8. The van der Waals surface area contributed by atoms with Crippen LogP contribution in [0.5, 0.6) is 11.8 Å². The third kappa shape index (κ3) is 7.37. The molecule has 1 saturated heterocycles. The van der Waals surface area contributed by atoms with Crippen LogP contribution in [0.1, 0.15) is 65.2 Å². The Morgan fingerprint density at radius 3 is 2.62 bits per heavy atom. The summed E-state index contributed by atoms with van der Waals surface area (Å²) >= 11 is 0. The van der Waals surface area contributed by atoms with E-state index in [9.17, 15) is 32.7 Å². The Morgan fingerprint density at radius 1 is 1.16 bits per heavy atom. The molecule has 14 nitrogen and oxygen atoms in total. The maximum atomic E-state index is 14.5. The lowest BCUT2D eigenvalue weighted by atomic mass is 9.85. The van der Waals surface area contributed by atoms with Gasteiger partial charge < -0.3 is 30.1 Å². The van der Waals surface area contributed by atoms with Crippen LogP contribution in [0.2, 0.25) is 0 Å². The molecule has 15 heteroatoms. The van der Waals surface area contributed by atoms with Crippen LogP contribution < -0.4 is 24.8 Å². The van der Waals surface area contributed by atoms with Gasteiger partial charge in [0.2, 0.25) is 33.6 Å². The Morgan fingerprint density at radius 2 is 1.92 bits per heavy atom. The van der Waals surface area contributed by atoms with Crippen molar-refractivity contribution in [1.82, 2.24) is 25.2 Å². The predicted octanol–water partition coefficient (Wildman–Crippen LogP) is 3.11. The van der Waals surface area contributed by atoms with Crippen molar-refractivity contribution in [2.75, 3.05) is 13.7 Å². The van der Waals surface area contributed by atoms with Crippen LogP contribution in [-0.4, -0.2) is 89.9 Å². The molecular formula is C35H45N5O9S. The molecule has 3 heterocycles. The summed E-state index contributed by atoms with van der Waals surface area (Å²) in [5, 5.41) is 16.0. The van der Waals surface area contributed by atoms with Gasteiger partial charge in [0.05, 0.1) is 18.9 Å². The summed E-state index contributed by atoms with van der Waals surface area (Å²) in [6.07, 6.45) is 5.32. The highest BCUT2D eigenvalue weighted by molar-refractivity contribution is 7.91. The first-order chi connectivity index (χ1) is 23.8. The summed E-state index contributed by atoms with van der Waals surface area (Å²) in [6.45, 7) is 3.89. The van der Waals surface area contributed by atoms with Crippen molar-refractivity contribution in [2.45, 2.75) is 94.2 Å². The van der Waals surface area contributed by atoms with Gasteiger partial charge in [0.1, 0.15) is 23.7 Å². The Kier molecular flexibility index (Phi) is 9.98. The van der Waals surface area contributed by atoms with Gasteiger partial charge in [0.25, 0.3) is 5.91 Å². The summed E-state index contributed by atoms with van der Waals surface area (Å²) in [6, 6.07) is 6.88. The van der Waals surface area contributed by atoms with E-state index in [1.165, 1.54) is 12.0 Å². The number of methoxy groups -OCH3 is 1. The first-order valence-electron chi connectivity index (χ1n) is 17.3. The van der Waals surface area contributed by atoms with E-state index in [0.29, 0.717) is 43.4 Å². The second-order valence-corrected chi connectivity index (χ2v) is 16.0. The van der Waals surface area contributed by atoms with E-state index >= 15 is 0 Å². The average molecular weight is 712 g/mol. The van der Waals surface area contributed by atoms with Crippen LogP contribution in [0.15, 0.2) is 42.5 Å². The van der Waals surface area contributed by atoms with Crippen LogP contribution in [0.4, 0.5) is 4.79 Å². The number of aromatic nitrogens is 1. The van der Waals surface area contributed by atoms with Crippen molar-refractivity contribution >= 4 is 44.6 Å². The van der Waals surface area contributed by atoms with E-state index in [-0.39, 0.29) is 37.1 Å². The van der Waals surface area contributed by atoms with Crippen LogP contribution in [0.25, 0.3) is 10.8 Å². The number of nitrogens with one attached hydrogen (secondary N) is 3. The largest absolute Gasteiger partial charge is 0.481 e. The number of hydrogen-bond donors (Lipinski definition) is 4. The number of benzene rings is 1. The van der Waals surface area contributed by atoms with Crippen LogP contribution >= 0.6 is 0 Å². The van der Waals surface area contributed by atoms with Crippen molar-refractivity contribution < 1.29 is 42.2 Å². The molecule has 2 aliphatic carbocycles. The lowest BCUT2D eigenvalue weighted by Crippen LogP contribution is -2.59. The highest BCUT2D eigenvalue weighted by Crippen LogP contribution is 2.46. The molecule has 4 N–H and O–H groups in total. The minimum atomic E-state index is -3.90. The minimum absolute atomic E-state index is 0.0103. The molecule has 4 amide bonds. The van der Waals surface area contributed by atoms with Crippen molar-refractivity contribution in [1.29, 1.82) is 0 Å². The molecule has 0 spiro atoms. The molecule has 2 aliphatic heterocycles. The van der Waals surface area contributed by atoms with Crippen molar-refractivity contribution in [2.24, 2.45) is 17.8 Å². The molecule has 50 heavy (non-hydrogen) atoms. The Hall–Kier alpha value is -4.40. The zero-order valence-corrected chi connectivity index (χ0v) is 29.3. The second-order valence-electron chi connectivity index (χ2n) is 14.1. The number of carbonyl (C=O) groups is 4. The topological polar surface area (TPSA) is 193 Å². The fourth-order valence-corrected chi connectivity index (χ4v) is 8.71. The molecule has 1 aromatic heterocycles. The summed E-state index contributed by atoms with van der Waals surface area (Å²) in [4.78, 5) is 60.3. The quantitative estimate of drug-likeness (QED) is 0.296. The number of hydrogen-bond acceptors (Lipinski definition) is 9. The molecule has 2 saturated carbocycles. The van der Waals surface area contributed by atoms with Crippen molar-refractivity contribution in [3.63, 3.8) is 0 Å². The predicted molar refractivity (Wildman–Crippen MR) is 183 cm³/mol. The van der Waals surface area contributed by atoms with Gasteiger partial charge >= 0.3 is 6.09 Å². The molecular weight excluding hydrogens is 666 g/mol. The number of allylic oxidation sites excluding steroid dienone is 1. The van der Waals surface area contributed by atoms with Gasteiger partial charge in [0, 0.05) is 23.8 Å². The molecule has 7 atom stereocenters. The molecule has 0 bridgehead atoms. The molecule has 2 aromatic rings. The fourth-order valence-electron chi connectivity index (χ4n) is 7.34. The van der Waals surface area contributed by atoms with Gasteiger partial charge in [0.15, 0.2) is 0 Å². The third-order valence-corrected chi connectivity index (χ3v) is 12.2. The van der Waals surface area contributed by atoms with Gasteiger partial charge in [-0.15, -0.1) is 0 Å². The maximum Gasteiger partial charge on any atom is 0.405 e. The maximum absolute atomic E-state index is 14.5. The van der Waals surface area contributed by atoms with E-state index in [4.69, 9.17) is 9.47 Å². The van der Waals surface area contributed by atoms with Gasteiger partial charge in [-0.3, -0.25) is 19.1 Å². The Balaban J connectivity index is 1.36.